The molecule has 14 heteroatoms. The summed E-state index contributed by atoms with van der Waals surface area (Å²) in [6.07, 6.45) is -4.26. The standard InChI is InChI=1S/C16H17ClF3N3O5S2/c17-22-13(27-11-6-8-21-9-7-11)10-29-15(22)23(28-14(24)16(18,19)20)30(25,26)12-4-2-1-3-5-12/h1-5,10-11,15,21H,6-9H2. The Morgan fingerprint density at radius 2 is 1.87 bits per heavy atom. The first-order chi connectivity index (χ1) is 14.1. The van der Waals surface area contributed by atoms with Crippen LogP contribution in [0.25, 0.3) is 0 Å². The van der Waals surface area contributed by atoms with Crippen LogP contribution < -0.4 is 5.32 Å². The highest BCUT2D eigenvalue weighted by Crippen LogP contribution is 2.39. The molecule has 2 heterocycles. The van der Waals surface area contributed by atoms with E-state index in [4.69, 9.17) is 16.5 Å². The fraction of sp³-hybridized carbons (Fsp3) is 0.438. The van der Waals surface area contributed by atoms with E-state index in [-0.39, 0.29) is 21.4 Å². The Bertz CT molecular complexity index is 895. The lowest BCUT2D eigenvalue weighted by Gasteiger charge is -2.31. The summed E-state index contributed by atoms with van der Waals surface area (Å²) in [4.78, 5) is 15.3. The second-order valence-electron chi connectivity index (χ2n) is 6.25. The van der Waals surface area contributed by atoms with E-state index < -0.39 is 27.7 Å². The number of benzene rings is 1. The van der Waals surface area contributed by atoms with Crippen LogP contribution in [0.1, 0.15) is 12.8 Å². The summed E-state index contributed by atoms with van der Waals surface area (Å²) in [6, 6.07) is 6.58. The van der Waals surface area contributed by atoms with E-state index in [1.807, 2.05) is 0 Å². The number of sulfonamides is 1. The van der Waals surface area contributed by atoms with Crippen LogP contribution in [0.15, 0.2) is 46.5 Å². The molecule has 0 amide bonds. The molecule has 1 aromatic rings. The molecule has 1 unspecified atom stereocenters. The maximum Gasteiger partial charge on any atom is 0.492 e. The highest BCUT2D eigenvalue weighted by atomic mass is 35.5. The number of thioether (sulfide) groups is 1. The van der Waals surface area contributed by atoms with Crippen molar-refractivity contribution in [2.45, 2.75) is 35.5 Å². The van der Waals surface area contributed by atoms with Gasteiger partial charge in [0.1, 0.15) is 6.10 Å². The molecule has 166 valence electrons. The minimum Gasteiger partial charge on any atom is -0.474 e. The fourth-order valence-electron chi connectivity index (χ4n) is 2.67. The van der Waals surface area contributed by atoms with Crippen molar-refractivity contribution in [3.63, 3.8) is 0 Å². The number of rotatable bonds is 6. The van der Waals surface area contributed by atoms with Crippen LogP contribution in [0.5, 0.6) is 0 Å². The zero-order valence-electron chi connectivity index (χ0n) is 15.2. The van der Waals surface area contributed by atoms with E-state index in [0.717, 1.165) is 28.3 Å². The smallest absolute Gasteiger partial charge is 0.474 e. The zero-order chi connectivity index (χ0) is 21.9. The number of carbonyl (C=O) groups excluding carboxylic acids is 1. The number of nitrogens with zero attached hydrogens (tertiary/aromatic N) is 2. The summed E-state index contributed by atoms with van der Waals surface area (Å²) in [7, 11) is -4.68. The lowest BCUT2D eigenvalue weighted by atomic mass is 10.1. The van der Waals surface area contributed by atoms with E-state index in [1.54, 1.807) is 0 Å². The molecular formula is C16H17ClF3N3O5S2. The highest BCUT2D eigenvalue weighted by Gasteiger charge is 2.49. The summed E-state index contributed by atoms with van der Waals surface area (Å²) in [5, 5.41) is 4.50. The monoisotopic (exact) mass is 487 g/mol. The molecule has 0 spiro atoms. The van der Waals surface area contributed by atoms with Crippen LogP contribution in [-0.4, -0.2) is 54.1 Å². The number of halogens is 4. The van der Waals surface area contributed by atoms with Gasteiger partial charge in [-0.3, -0.25) is 0 Å². The molecule has 1 atom stereocenters. The van der Waals surface area contributed by atoms with Crippen molar-refractivity contribution in [2.24, 2.45) is 0 Å². The Morgan fingerprint density at radius 3 is 2.47 bits per heavy atom. The number of nitrogens with one attached hydrogen (secondary N) is 1. The first kappa shape index (κ1) is 23.0. The quantitative estimate of drug-likeness (QED) is 0.484. The molecule has 2 aliphatic heterocycles. The van der Waals surface area contributed by atoms with Gasteiger partial charge in [-0.05, 0) is 38.1 Å². The molecule has 2 aliphatic rings. The third-order valence-corrected chi connectivity index (χ3v) is 7.33. The van der Waals surface area contributed by atoms with Crippen LogP contribution in [0.4, 0.5) is 13.2 Å². The molecule has 0 bridgehead atoms. The van der Waals surface area contributed by atoms with Gasteiger partial charge in [-0.1, -0.05) is 30.0 Å². The Kier molecular flexibility index (Phi) is 7.07. The summed E-state index contributed by atoms with van der Waals surface area (Å²) in [5.41, 5.74) is -1.54. The van der Waals surface area contributed by atoms with E-state index in [0.29, 0.717) is 25.9 Å². The van der Waals surface area contributed by atoms with Gasteiger partial charge in [-0.15, -0.1) is 0 Å². The van der Waals surface area contributed by atoms with Crippen molar-refractivity contribution < 1.29 is 36.0 Å². The van der Waals surface area contributed by atoms with Crippen molar-refractivity contribution in [3.8, 4) is 0 Å². The number of piperidine rings is 1. The Labute approximate surface area is 180 Å². The molecule has 3 rings (SSSR count). The molecule has 8 nitrogen and oxygen atoms in total. The van der Waals surface area contributed by atoms with Gasteiger partial charge in [0.2, 0.25) is 11.4 Å². The second-order valence-corrected chi connectivity index (χ2v) is 9.32. The fourth-order valence-corrected chi connectivity index (χ4v) is 5.54. The van der Waals surface area contributed by atoms with E-state index >= 15 is 0 Å². The topological polar surface area (TPSA) is 88.2 Å². The third kappa shape index (κ3) is 5.14. The molecule has 1 N–H and O–H groups in total. The minimum atomic E-state index is -5.41. The van der Waals surface area contributed by atoms with Gasteiger partial charge >= 0.3 is 12.1 Å². The van der Waals surface area contributed by atoms with Gasteiger partial charge in [-0.2, -0.15) is 13.2 Å². The predicted molar refractivity (Wildman–Crippen MR) is 102 cm³/mol. The normalized spacial score (nSPS) is 20.9. The van der Waals surface area contributed by atoms with Crippen molar-refractivity contribution in [2.75, 3.05) is 13.1 Å². The van der Waals surface area contributed by atoms with Crippen molar-refractivity contribution in [1.82, 2.24) is 14.2 Å². The van der Waals surface area contributed by atoms with E-state index in [9.17, 15) is 26.4 Å². The number of hydrogen-bond acceptors (Lipinski definition) is 8. The van der Waals surface area contributed by atoms with E-state index in [1.165, 1.54) is 23.6 Å². The largest absolute Gasteiger partial charge is 0.492 e. The maximum atomic E-state index is 12.9. The molecule has 30 heavy (non-hydrogen) atoms. The van der Waals surface area contributed by atoms with Crippen LogP contribution >= 0.6 is 23.5 Å². The number of carbonyl (C=O) groups is 1. The van der Waals surface area contributed by atoms with Crippen molar-refractivity contribution in [1.29, 1.82) is 0 Å². The summed E-state index contributed by atoms with van der Waals surface area (Å²) >= 11 is 6.90. The Morgan fingerprint density at radius 1 is 1.23 bits per heavy atom. The third-order valence-electron chi connectivity index (χ3n) is 4.13. The number of alkyl halides is 3. The molecule has 0 radical (unpaired) electrons. The summed E-state index contributed by atoms with van der Waals surface area (Å²) < 4.78 is 70.7. The van der Waals surface area contributed by atoms with Crippen LogP contribution in [-0.2, 0) is 24.4 Å². The van der Waals surface area contributed by atoms with Gasteiger partial charge < -0.3 is 14.9 Å². The van der Waals surface area contributed by atoms with Crippen LogP contribution in [0, 0.1) is 0 Å². The number of hydroxylamine groups is 1. The van der Waals surface area contributed by atoms with Crippen LogP contribution in [0.2, 0.25) is 0 Å². The summed E-state index contributed by atoms with van der Waals surface area (Å²) in [6.45, 7) is 1.43. The Balaban J connectivity index is 1.84. The second kappa shape index (κ2) is 9.22. The average Bonchev–Trinajstić information content (AvgIpc) is 3.06. The molecule has 0 aliphatic carbocycles. The lowest BCUT2D eigenvalue weighted by molar-refractivity contribution is -0.226. The molecule has 1 fully saturated rings. The highest BCUT2D eigenvalue weighted by molar-refractivity contribution is 8.03. The molecule has 0 saturated carbocycles. The predicted octanol–water partition coefficient (Wildman–Crippen LogP) is 2.75. The molecule has 0 aromatic heterocycles. The van der Waals surface area contributed by atoms with Crippen molar-refractivity contribution >= 4 is 39.5 Å². The van der Waals surface area contributed by atoms with Gasteiger partial charge in [0.25, 0.3) is 10.0 Å². The molecule has 1 saturated heterocycles. The lowest BCUT2D eigenvalue weighted by Crippen LogP contribution is -2.47. The van der Waals surface area contributed by atoms with Gasteiger partial charge in [0, 0.05) is 21.7 Å². The number of ether oxygens (including phenoxy) is 1. The van der Waals surface area contributed by atoms with Gasteiger partial charge in [0.15, 0.2) is 0 Å². The maximum absolute atomic E-state index is 12.9. The SMILES string of the molecule is O=C(ON(C1SC=C(OC2CCNCC2)N1Cl)S(=O)(=O)c1ccccc1)C(F)(F)F. The zero-order valence-corrected chi connectivity index (χ0v) is 17.6. The minimum absolute atomic E-state index is 0.0508. The Hall–Kier alpha value is -1.67. The average molecular weight is 488 g/mol. The molecule has 1 aromatic carbocycles. The van der Waals surface area contributed by atoms with Gasteiger partial charge in [-0.25, -0.2) is 17.6 Å². The van der Waals surface area contributed by atoms with Gasteiger partial charge in [0.05, 0.1) is 4.90 Å². The first-order valence-electron chi connectivity index (χ1n) is 8.67. The van der Waals surface area contributed by atoms with E-state index in [2.05, 4.69) is 10.2 Å². The molecular weight excluding hydrogens is 471 g/mol. The summed E-state index contributed by atoms with van der Waals surface area (Å²) in [5.74, 6) is -2.64. The van der Waals surface area contributed by atoms with Crippen molar-refractivity contribution in [3.05, 3.63) is 41.6 Å². The first-order valence-corrected chi connectivity index (χ1v) is 11.4. The van der Waals surface area contributed by atoms with Crippen LogP contribution in [0.3, 0.4) is 0 Å². The number of hydrogen-bond donors (Lipinski definition) is 1.